The number of carbonyl (C=O) groups excluding carboxylic acids is 1. The summed E-state index contributed by atoms with van der Waals surface area (Å²) in [5.74, 6) is 1.45. The second-order valence-corrected chi connectivity index (χ2v) is 13.3. The number of amides is 1. The van der Waals surface area contributed by atoms with Crippen molar-refractivity contribution in [3.63, 3.8) is 0 Å². The van der Waals surface area contributed by atoms with Crippen molar-refractivity contribution in [3.05, 3.63) is 40.1 Å². The van der Waals surface area contributed by atoms with E-state index in [1.165, 1.54) is 16.7 Å². The summed E-state index contributed by atoms with van der Waals surface area (Å²) in [5, 5.41) is 0. The van der Waals surface area contributed by atoms with Gasteiger partial charge in [-0.25, -0.2) is 15.6 Å². The highest BCUT2D eigenvalue weighted by atomic mass is 19.4. The Morgan fingerprint density at radius 1 is 1.10 bits per heavy atom. The van der Waals surface area contributed by atoms with Gasteiger partial charge in [0.15, 0.2) is 0 Å². The van der Waals surface area contributed by atoms with E-state index in [-0.39, 0.29) is 35.5 Å². The van der Waals surface area contributed by atoms with E-state index in [0.29, 0.717) is 30.6 Å². The topological polar surface area (TPSA) is 77.3 Å². The number of halogens is 3. The normalized spacial score (nSPS) is 29.2. The van der Waals surface area contributed by atoms with Gasteiger partial charge in [-0.3, -0.25) is 23.6 Å². The number of aromatic nitrogens is 2. The predicted molar refractivity (Wildman–Crippen MR) is 153 cm³/mol. The number of fused-ring (bicyclic) bond motifs is 1. The molecule has 2 aromatic rings. The lowest BCUT2D eigenvalue weighted by Gasteiger charge is -2.49. The van der Waals surface area contributed by atoms with Gasteiger partial charge >= 0.3 is 11.9 Å². The van der Waals surface area contributed by atoms with Crippen molar-refractivity contribution in [1.82, 2.24) is 34.5 Å². The molecule has 2 N–H and O–H groups in total. The first-order valence-corrected chi connectivity index (χ1v) is 15.5. The van der Waals surface area contributed by atoms with Gasteiger partial charge in [0.25, 0.3) is 0 Å². The molecule has 4 aliphatic rings. The molecule has 6 rings (SSSR count). The Morgan fingerprint density at radius 2 is 1.88 bits per heavy atom. The Bertz CT molecular complexity index is 1350. The monoisotopic (exact) mass is 591 g/mol. The van der Waals surface area contributed by atoms with Crippen molar-refractivity contribution in [3.8, 4) is 0 Å². The van der Waals surface area contributed by atoms with Gasteiger partial charge < -0.3 is 4.90 Å². The van der Waals surface area contributed by atoms with E-state index in [4.69, 9.17) is 0 Å². The lowest BCUT2D eigenvalue weighted by molar-refractivity contribution is -0.138. The number of alkyl halides is 3. The first kappa shape index (κ1) is 29.7. The minimum absolute atomic E-state index is 0.0700. The van der Waals surface area contributed by atoms with Crippen LogP contribution >= 0.6 is 0 Å². The number of nitrogens with one attached hydrogen (secondary N) is 2. The summed E-state index contributed by atoms with van der Waals surface area (Å²) in [6.45, 7) is 8.04. The molecule has 2 aromatic heterocycles. The third-order valence-corrected chi connectivity index (χ3v) is 10.2. The van der Waals surface area contributed by atoms with Crippen LogP contribution in [-0.4, -0.2) is 75.6 Å². The van der Waals surface area contributed by atoms with Gasteiger partial charge in [0.05, 0.1) is 23.9 Å². The zero-order chi connectivity index (χ0) is 29.8. The van der Waals surface area contributed by atoms with Crippen LogP contribution in [0.3, 0.4) is 0 Å². The number of pyridine rings is 1. The van der Waals surface area contributed by atoms with Crippen molar-refractivity contribution in [2.24, 2.45) is 23.7 Å². The Hall–Kier alpha value is -2.41. The Morgan fingerprint density at radius 3 is 2.55 bits per heavy atom. The van der Waals surface area contributed by atoms with Gasteiger partial charge in [0.1, 0.15) is 0 Å². The summed E-state index contributed by atoms with van der Waals surface area (Å²) >= 11 is 0. The van der Waals surface area contributed by atoms with Crippen LogP contribution in [0.15, 0.2) is 23.3 Å². The van der Waals surface area contributed by atoms with Gasteiger partial charge in [-0.15, -0.1) is 0 Å². The van der Waals surface area contributed by atoms with E-state index in [0.717, 1.165) is 64.7 Å². The smallest absolute Gasteiger partial charge is 0.342 e. The summed E-state index contributed by atoms with van der Waals surface area (Å²) in [4.78, 5) is 32.0. The largest absolute Gasteiger partial charge is 0.418 e. The Kier molecular flexibility index (Phi) is 8.18. The van der Waals surface area contributed by atoms with E-state index in [9.17, 15) is 22.8 Å². The van der Waals surface area contributed by atoms with Gasteiger partial charge in [-0.1, -0.05) is 13.3 Å². The summed E-state index contributed by atoms with van der Waals surface area (Å²) in [7, 11) is 2.07. The molecule has 1 aliphatic carbocycles. The maximum absolute atomic E-state index is 14.3. The first-order valence-electron chi connectivity index (χ1n) is 15.5. The minimum atomic E-state index is -4.56. The maximum Gasteiger partial charge on any atom is 0.418 e. The average Bonchev–Trinajstić information content (AvgIpc) is 3.47. The highest BCUT2D eigenvalue weighted by Gasteiger charge is 2.46. The van der Waals surface area contributed by atoms with Crippen LogP contribution in [-0.2, 0) is 17.5 Å². The lowest BCUT2D eigenvalue weighted by atomic mass is 9.69. The molecular formula is C30H44F3N7O2. The molecule has 9 nitrogen and oxygen atoms in total. The molecule has 0 bridgehead atoms. The average molecular weight is 592 g/mol. The fourth-order valence-electron chi connectivity index (χ4n) is 8.12. The van der Waals surface area contributed by atoms with E-state index in [2.05, 4.69) is 34.6 Å². The lowest BCUT2D eigenvalue weighted by Crippen LogP contribution is -2.59. The molecule has 1 saturated carbocycles. The Balaban J connectivity index is 1.29. The van der Waals surface area contributed by atoms with Gasteiger partial charge in [0.2, 0.25) is 5.91 Å². The molecule has 3 saturated heterocycles. The number of hydrogen-bond acceptors (Lipinski definition) is 6. The molecule has 0 aromatic carbocycles. The van der Waals surface area contributed by atoms with E-state index < -0.39 is 17.4 Å². The van der Waals surface area contributed by atoms with Crippen LogP contribution in [0.2, 0.25) is 0 Å². The summed E-state index contributed by atoms with van der Waals surface area (Å²) in [5.41, 5.74) is 5.97. The zero-order valence-corrected chi connectivity index (χ0v) is 24.9. The van der Waals surface area contributed by atoms with Crippen LogP contribution < -0.4 is 16.5 Å². The van der Waals surface area contributed by atoms with Gasteiger partial charge in [-0.2, -0.15) is 13.2 Å². The SMILES string of the molecule is CC(=O)N1CC([C@H](C2CCCC(n3cc4c(C(F)(F)F)cc(CN5CCC[C@H](C)C5)cn4c3=O)C2)C2NNCN2C)C1. The molecule has 0 radical (unpaired) electrons. The first-order chi connectivity index (χ1) is 20.0. The molecule has 232 valence electrons. The number of hydrazine groups is 1. The number of nitrogens with zero attached hydrogens (tertiary/aromatic N) is 5. The van der Waals surface area contributed by atoms with Gasteiger partial charge in [0, 0.05) is 51.5 Å². The van der Waals surface area contributed by atoms with Crippen LogP contribution in [0.1, 0.15) is 69.5 Å². The summed E-state index contributed by atoms with van der Waals surface area (Å²) in [6.07, 6.45) is 4.16. The van der Waals surface area contributed by atoms with Crippen LogP contribution in [0.4, 0.5) is 13.2 Å². The predicted octanol–water partition coefficient (Wildman–Crippen LogP) is 3.50. The third-order valence-electron chi connectivity index (χ3n) is 10.2. The van der Waals surface area contributed by atoms with Crippen LogP contribution in [0.25, 0.3) is 5.52 Å². The third kappa shape index (κ3) is 5.75. The molecule has 5 atom stereocenters. The molecule has 0 spiro atoms. The second kappa shape index (κ2) is 11.6. The molecule has 3 aliphatic heterocycles. The number of imidazole rings is 1. The van der Waals surface area contributed by atoms with Crippen LogP contribution in [0.5, 0.6) is 0 Å². The quantitative estimate of drug-likeness (QED) is 0.536. The maximum atomic E-state index is 14.3. The van der Waals surface area contributed by atoms with Crippen molar-refractivity contribution >= 4 is 11.4 Å². The molecular weight excluding hydrogens is 547 g/mol. The highest BCUT2D eigenvalue weighted by molar-refractivity contribution is 5.74. The summed E-state index contributed by atoms with van der Waals surface area (Å²) < 4.78 is 45.8. The second-order valence-electron chi connectivity index (χ2n) is 13.3. The van der Waals surface area contributed by atoms with Crippen molar-refractivity contribution in [1.29, 1.82) is 0 Å². The number of carbonyl (C=O) groups is 1. The molecule has 5 heterocycles. The zero-order valence-electron chi connectivity index (χ0n) is 24.9. The van der Waals surface area contributed by atoms with Crippen molar-refractivity contribution in [2.45, 2.75) is 77.3 Å². The minimum Gasteiger partial charge on any atom is -0.342 e. The fourth-order valence-corrected chi connectivity index (χ4v) is 8.12. The van der Waals surface area contributed by atoms with Crippen LogP contribution in [0, 0.1) is 23.7 Å². The number of piperidine rings is 1. The standard InChI is InChI=1S/C30H44F3N7O2/c1-19-6-5-9-37(12-19)13-21-10-25(30(31,32)33)26-17-39(29(42)40(26)14-21)24-8-4-7-22(11-24)27(28-35-34-18-36(28)3)23-15-38(16-23)20(2)41/h10,14,17,19,22-24,27-28,34-35H,4-9,11-13,15-16,18H2,1-3H3/t19-,22?,24?,27-,28?/m0/s1. The fraction of sp³-hybridized carbons (Fsp3) is 0.733. The van der Waals surface area contributed by atoms with E-state index in [1.54, 1.807) is 17.7 Å². The molecule has 4 fully saturated rings. The van der Waals surface area contributed by atoms with Gasteiger partial charge in [-0.05, 0) is 81.0 Å². The Labute approximate surface area is 245 Å². The molecule has 42 heavy (non-hydrogen) atoms. The molecule has 12 heteroatoms. The number of likely N-dealkylation sites (tertiary alicyclic amines) is 2. The van der Waals surface area contributed by atoms with Crippen molar-refractivity contribution < 1.29 is 18.0 Å². The highest BCUT2D eigenvalue weighted by Crippen LogP contribution is 2.44. The number of hydrogen-bond donors (Lipinski definition) is 2. The van der Waals surface area contributed by atoms with E-state index in [1.807, 2.05) is 4.90 Å². The number of rotatable bonds is 6. The van der Waals surface area contributed by atoms with Crippen molar-refractivity contribution in [2.75, 3.05) is 39.9 Å². The summed E-state index contributed by atoms with van der Waals surface area (Å²) in [6, 6.07) is 1.07. The molecule has 1 amide bonds. The van der Waals surface area contributed by atoms with E-state index >= 15 is 0 Å². The molecule has 3 unspecified atom stereocenters.